The number of piperazine rings is 1. The first-order valence-corrected chi connectivity index (χ1v) is 13.9. The molecule has 0 aromatic heterocycles. The maximum atomic E-state index is 12.5. The molecule has 0 saturated carbocycles. The Morgan fingerprint density at radius 1 is 0.947 bits per heavy atom. The molecular weight excluding hydrogens is 586 g/mol. The average Bonchev–Trinajstić information content (AvgIpc) is 2.87. The van der Waals surface area contributed by atoms with Crippen LogP contribution in [0, 0.1) is 0 Å². The van der Waals surface area contributed by atoms with Crippen LogP contribution >= 0.6 is 58.6 Å². The van der Waals surface area contributed by atoms with Gasteiger partial charge in [-0.25, -0.2) is 0 Å². The van der Waals surface area contributed by atoms with Gasteiger partial charge in [0.25, 0.3) is 5.91 Å². The summed E-state index contributed by atoms with van der Waals surface area (Å²) in [5.41, 5.74) is 2.75. The van der Waals surface area contributed by atoms with Crippen LogP contribution in [0.4, 0.5) is 11.4 Å². The molecule has 0 spiro atoms. The van der Waals surface area contributed by atoms with Gasteiger partial charge in [-0.3, -0.25) is 15.0 Å². The van der Waals surface area contributed by atoms with Gasteiger partial charge in [0.15, 0.2) is 11.2 Å². The molecule has 1 aliphatic rings. The minimum atomic E-state index is -0.837. The zero-order valence-electron chi connectivity index (χ0n) is 20.5. The van der Waals surface area contributed by atoms with Gasteiger partial charge in [0.2, 0.25) is 0 Å². The van der Waals surface area contributed by atoms with Crippen LogP contribution in [0.15, 0.2) is 60.7 Å². The van der Waals surface area contributed by atoms with E-state index in [1.54, 1.807) is 31.2 Å². The van der Waals surface area contributed by atoms with Crippen molar-refractivity contribution in [2.24, 2.45) is 0 Å². The number of nitrogens with one attached hydrogen (secondary N) is 2. The van der Waals surface area contributed by atoms with E-state index in [-0.39, 0.29) is 5.11 Å². The molecule has 38 heavy (non-hydrogen) atoms. The number of thiocarbonyl (C=S) groups is 1. The lowest BCUT2D eigenvalue weighted by atomic mass is 10.2. The van der Waals surface area contributed by atoms with Crippen molar-refractivity contribution in [3.8, 4) is 5.75 Å². The number of benzene rings is 3. The van der Waals surface area contributed by atoms with Crippen LogP contribution in [0.3, 0.4) is 0 Å². The predicted octanol–water partition coefficient (Wildman–Crippen LogP) is 6.90. The van der Waals surface area contributed by atoms with Gasteiger partial charge < -0.3 is 15.0 Å². The summed E-state index contributed by atoms with van der Waals surface area (Å²) < 4.78 is 5.63. The summed E-state index contributed by atoms with van der Waals surface area (Å²) >= 11 is 30.3. The largest absolute Gasteiger partial charge is 0.479 e. The van der Waals surface area contributed by atoms with E-state index in [2.05, 4.69) is 26.5 Å². The molecule has 6 nitrogen and oxygen atoms in total. The van der Waals surface area contributed by atoms with Gasteiger partial charge in [-0.1, -0.05) is 64.6 Å². The molecule has 2 N–H and O–H groups in total. The number of hydrogen-bond acceptors (Lipinski definition) is 5. The second-order valence-electron chi connectivity index (χ2n) is 8.80. The van der Waals surface area contributed by atoms with Crippen LogP contribution in [0.1, 0.15) is 12.5 Å². The maximum absolute atomic E-state index is 12.5. The van der Waals surface area contributed by atoms with Crippen LogP contribution in [-0.4, -0.2) is 48.2 Å². The lowest BCUT2D eigenvalue weighted by molar-refractivity contribution is -0.125. The Balaban J connectivity index is 1.27. The number of amides is 1. The van der Waals surface area contributed by atoms with E-state index >= 15 is 0 Å². The monoisotopic (exact) mass is 610 g/mol. The SMILES string of the molecule is CC(Oc1ccc(Cl)cc1Cl)C(=O)NC(=S)Nc1ccc(N2CCN(Cc3ccccc3Cl)CC2)c(Cl)c1. The first-order chi connectivity index (χ1) is 18.2. The van der Waals surface area contributed by atoms with Crippen LogP contribution in [-0.2, 0) is 11.3 Å². The zero-order chi connectivity index (χ0) is 27.2. The molecule has 0 bridgehead atoms. The number of anilines is 2. The fourth-order valence-electron chi connectivity index (χ4n) is 4.05. The molecule has 1 saturated heterocycles. The molecule has 1 atom stereocenters. The van der Waals surface area contributed by atoms with Crippen molar-refractivity contribution in [1.82, 2.24) is 10.2 Å². The highest BCUT2D eigenvalue weighted by atomic mass is 35.5. The van der Waals surface area contributed by atoms with Gasteiger partial charge in [-0.15, -0.1) is 0 Å². The zero-order valence-corrected chi connectivity index (χ0v) is 24.4. The Bertz CT molecular complexity index is 1320. The third kappa shape index (κ3) is 7.65. The lowest BCUT2D eigenvalue weighted by Crippen LogP contribution is -2.46. The quantitative estimate of drug-likeness (QED) is 0.283. The van der Waals surface area contributed by atoms with Gasteiger partial charge in [0.1, 0.15) is 5.75 Å². The highest BCUT2D eigenvalue weighted by molar-refractivity contribution is 7.80. The summed E-state index contributed by atoms with van der Waals surface area (Å²) in [4.78, 5) is 17.2. The number of hydrogen-bond donors (Lipinski definition) is 2. The van der Waals surface area contributed by atoms with E-state index in [1.807, 2.05) is 30.3 Å². The van der Waals surface area contributed by atoms with Gasteiger partial charge in [0.05, 0.1) is 15.7 Å². The van der Waals surface area contributed by atoms with Crippen LogP contribution in [0.5, 0.6) is 5.75 Å². The standard InChI is InChI=1S/C27H26Cl4N4O2S/c1-17(37-25-9-6-19(28)14-23(25)31)26(36)33-27(38)32-20-7-8-24(22(30)15-20)35-12-10-34(11-13-35)16-18-4-2-3-5-21(18)29/h2-9,14-15,17H,10-13,16H2,1H3,(H2,32,33,36,38). The third-order valence-corrected chi connectivity index (χ3v) is 7.48. The number of carbonyl (C=O) groups excluding carboxylic acids is 1. The van der Waals surface area contributed by atoms with E-state index in [0.29, 0.717) is 26.5 Å². The van der Waals surface area contributed by atoms with Crippen molar-refractivity contribution in [3.05, 3.63) is 86.3 Å². The highest BCUT2D eigenvalue weighted by Crippen LogP contribution is 2.31. The normalized spacial score (nSPS) is 14.6. The molecule has 1 amide bonds. The second kappa shape index (κ2) is 13.2. The van der Waals surface area contributed by atoms with Crippen LogP contribution in [0.25, 0.3) is 0 Å². The third-order valence-electron chi connectivity index (χ3n) is 6.07. The Morgan fingerprint density at radius 2 is 1.68 bits per heavy atom. The summed E-state index contributed by atoms with van der Waals surface area (Å²) in [7, 11) is 0. The van der Waals surface area contributed by atoms with Gasteiger partial charge >= 0.3 is 0 Å². The fourth-order valence-corrected chi connectivity index (χ4v) is 5.21. The second-order valence-corrected chi connectivity index (χ2v) is 10.9. The van der Waals surface area contributed by atoms with Crippen LogP contribution < -0.4 is 20.3 Å². The van der Waals surface area contributed by atoms with Crippen molar-refractivity contribution in [3.63, 3.8) is 0 Å². The van der Waals surface area contributed by atoms with Crippen molar-refractivity contribution in [2.45, 2.75) is 19.6 Å². The summed E-state index contributed by atoms with van der Waals surface area (Å²) in [6.45, 7) is 5.92. The minimum Gasteiger partial charge on any atom is -0.479 e. The first kappa shape index (κ1) is 28.7. The highest BCUT2D eigenvalue weighted by Gasteiger charge is 2.21. The fraction of sp³-hybridized carbons (Fsp3) is 0.259. The van der Waals surface area contributed by atoms with E-state index in [4.69, 9.17) is 63.4 Å². The average molecular weight is 612 g/mol. The molecular formula is C27H26Cl4N4O2S. The van der Waals surface area contributed by atoms with Gasteiger partial charge in [-0.05, 0) is 67.2 Å². The molecule has 1 heterocycles. The van der Waals surface area contributed by atoms with Crippen molar-refractivity contribution < 1.29 is 9.53 Å². The molecule has 11 heteroatoms. The number of ether oxygens (including phenoxy) is 1. The molecule has 200 valence electrons. The summed E-state index contributed by atoms with van der Waals surface area (Å²) in [5, 5.41) is 7.93. The number of carbonyl (C=O) groups is 1. The molecule has 0 aliphatic carbocycles. The number of nitrogens with zero attached hydrogens (tertiary/aromatic N) is 2. The number of halogens is 4. The molecule has 3 aromatic rings. The van der Waals surface area contributed by atoms with E-state index < -0.39 is 12.0 Å². The van der Waals surface area contributed by atoms with E-state index in [9.17, 15) is 4.79 Å². The van der Waals surface area contributed by atoms with Crippen molar-refractivity contribution in [2.75, 3.05) is 36.4 Å². The molecule has 1 fully saturated rings. The lowest BCUT2D eigenvalue weighted by Gasteiger charge is -2.36. The molecule has 4 rings (SSSR count). The minimum absolute atomic E-state index is 0.129. The molecule has 0 radical (unpaired) electrons. The van der Waals surface area contributed by atoms with Gasteiger partial charge in [-0.2, -0.15) is 0 Å². The van der Waals surface area contributed by atoms with Gasteiger partial charge in [0, 0.05) is 48.5 Å². The molecule has 3 aromatic carbocycles. The Kier molecular flexibility index (Phi) is 9.98. The summed E-state index contributed by atoms with van der Waals surface area (Å²) in [6.07, 6.45) is -0.837. The van der Waals surface area contributed by atoms with E-state index in [0.717, 1.165) is 49.0 Å². The van der Waals surface area contributed by atoms with Crippen molar-refractivity contribution >= 4 is 81.0 Å². The molecule has 1 unspecified atom stereocenters. The summed E-state index contributed by atoms with van der Waals surface area (Å²) in [6, 6.07) is 18.3. The Morgan fingerprint density at radius 3 is 2.37 bits per heavy atom. The predicted molar refractivity (Wildman–Crippen MR) is 161 cm³/mol. The smallest absolute Gasteiger partial charge is 0.266 e. The Hall–Kier alpha value is -2.26. The summed E-state index contributed by atoms with van der Waals surface area (Å²) in [5.74, 6) is -0.0736. The molecule has 1 aliphatic heterocycles. The first-order valence-electron chi connectivity index (χ1n) is 11.9. The number of rotatable bonds is 7. The van der Waals surface area contributed by atoms with E-state index in [1.165, 1.54) is 0 Å². The van der Waals surface area contributed by atoms with Crippen LogP contribution in [0.2, 0.25) is 20.1 Å². The Labute approximate surface area is 247 Å². The maximum Gasteiger partial charge on any atom is 0.266 e. The van der Waals surface area contributed by atoms with Crippen molar-refractivity contribution in [1.29, 1.82) is 0 Å². The topological polar surface area (TPSA) is 56.8 Å².